The Labute approximate surface area is 187 Å². The standard InChI is InChI=1S/C21H18ClN5O3S/c1-12-17-19(30-15-7-14(22)8-23-9-15)25-11-26-20(17)31-18(12)21(28)27(2)10-13-4-5-24-16(6-13)29-3/h4-9,11H,10H2,1-3H3. The van der Waals surface area contributed by atoms with Gasteiger partial charge in [0.25, 0.3) is 5.91 Å². The van der Waals surface area contributed by atoms with Crippen LogP contribution >= 0.6 is 22.9 Å². The highest BCUT2D eigenvalue weighted by molar-refractivity contribution is 7.20. The molecule has 158 valence electrons. The number of aryl methyl sites for hydroxylation is 1. The fraction of sp³-hybridized carbons (Fsp3) is 0.190. The Bertz CT molecular complexity index is 1260. The highest BCUT2D eigenvalue weighted by Crippen LogP contribution is 2.37. The second-order valence-electron chi connectivity index (χ2n) is 6.72. The van der Waals surface area contributed by atoms with Crippen molar-refractivity contribution in [2.45, 2.75) is 13.5 Å². The molecular weight excluding hydrogens is 438 g/mol. The molecule has 31 heavy (non-hydrogen) atoms. The number of hydrogen-bond acceptors (Lipinski definition) is 8. The van der Waals surface area contributed by atoms with Crippen LogP contribution in [0.5, 0.6) is 17.5 Å². The van der Waals surface area contributed by atoms with Gasteiger partial charge in [-0.05, 0) is 24.1 Å². The Morgan fingerprint density at radius 3 is 2.84 bits per heavy atom. The first kappa shape index (κ1) is 21.0. The number of carbonyl (C=O) groups excluding carboxylic acids is 1. The van der Waals surface area contributed by atoms with Crippen LogP contribution in [0.1, 0.15) is 20.8 Å². The van der Waals surface area contributed by atoms with Crippen LogP contribution in [0.15, 0.2) is 43.1 Å². The minimum atomic E-state index is -0.119. The number of carbonyl (C=O) groups is 1. The summed E-state index contributed by atoms with van der Waals surface area (Å²) < 4.78 is 11.0. The molecule has 8 nitrogen and oxygen atoms in total. The maximum absolute atomic E-state index is 13.2. The zero-order valence-electron chi connectivity index (χ0n) is 17.0. The SMILES string of the molecule is COc1cc(CN(C)C(=O)c2sc3ncnc(Oc4cncc(Cl)c4)c3c2C)ccn1. The van der Waals surface area contributed by atoms with E-state index in [2.05, 4.69) is 19.9 Å². The molecule has 0 unspecified atom stereocenters. The molecule has 4 aromatic heterocycles. The van der Waals surface area contributed by atoms with Crippen molar-refractivity contribution in [3.8, 4) is 17.5 Å². The summed E-state index contributed by atoms with van der Waals surface area (Å²) >= 11 is 7.30. The van der Waals surface area contributed by atoms with E-state index in [4.69, 9.17) is 21.1 Å². The fourth-order valence-corrected chi connectivity index (χ4v) is 4.36. The average Bonchev–Trinajstić information content (AvgIpc) is 3.10. The molecular formula is C21H18ClN5O3S. The van der Waals surface area contributed by atoms with Crippen LogP contribution in [0.25, 0.3) is 10.2 Å². The minimum absolute atomic E-state index is 0.119. The number of aromatic nitrogens is 4. The summed E-state index contributed by atoms with van der Waals surface area (Å²) in [6.45, 7) is 2.27. The van der Waals surface area contributed by atoms with Crippen molar-refractivity contribution in [3.63, 3.8) is 0 Å². The molecule has 4 heterocycles. The maximum atomic E-state index is 13.2. The Kier molecular flexibility index (Phi) is 5.97. The highest BCUT2D eigenvalue weighted by Gasteiger charge is 2.23. The number of methoxy groups -OCH3 is 1. The van der Waals surface area contributed by atoms with Gasteiger partial charge in [0.1, 0.15) is 16.9 Å². The summed E-state index contributed by atoms with van der Waals surface area (Å²) in [5.41, 5.74) is 1.67. The van der Waals surface area contributed by atoms with E-state index >= 15 is 0 Å². The van der Waals surface area contributed by atoms with E-state index in [0.717, 1.165) is 11.1 Å². The predicted octanol–water partition coefficient (Wildman–Crippen LogP) is 4.52. The first-order valence-corrected chi connectivity index (χ1v) is 10.4. The number of pyridine rings is 2. The Morgan fingerprint density at radius 1 is 1.23 bits per heavy atom. The molecule has 1 amide bonds. The Hall–Kier alpha value is -3.30. The predicted molar refractivity (Wildman–Crippen MR) is 118 cm³/mol. The Balaban J connectivity index is 1.63. The molecule has 0 bridgehead atoms. The third-order valence-corrected chi connectivity index (χ3v) is 5.95. The number of fused-ring (bicyclic) bond motifs is 1. The Morgan fingerprint density at radius 2 is 2.06 bits per heavy atom. The molecule has 0 N–H and O–H groups in total. The van der Waals surface area contributed by atoms with Gasteiger partial charge in [0.2, 0.25) is 11.8 Å². The van der Waals surface area contributed by atoms with Gasteiger partial charge in [-0.25, -0.2) is 15.0 Å². The van der Waals surface area contributed by atoms with Crippen molar-refractivity contribution >= 4 is 39.1 Å². The third-order valence-electron chi connectivity index (χ3n) is 4.56. The maximum Gasteiger partial charge on any atom is 0.264 e. The van der Waals surface area contributed by atoms with Crippen molar-refractivity contribution in [2.24, 2.45) is 0 Å². The molecule has 4 aromatic rings. The van der Waals surface area contributed by atoms with E-state index in [0.29, 0.717) is 44.2 Å². The van der Waals surface area contributed by atoms with Gasteiger partial charge in [0, 0.05) is 38.1 Å². The number of hydrogen-bond donors (Lipinski definition) is 0. The molecule has 0 aliphatic heterocycles. The molecule has 0 fully saturated rings. The van der Waals surface area contributed by atoms with Crippen LogP contribution in [-0.4, -0.2) is 44.9 Å². The van der Waals surface area contributed by atoms with E-state index in [9.17, 15) is 4.79 Å². The third kappa shape index (κ3) is 4.42. The summed E-state index contributed by atoms with van der Waals surface area (Å²) in [7, 11) is 3.31. The summed E-state index contributed by atoms with van der Waals surface area (Å²) in [6.07, 6.45) is 6.13. The van der Waals surface area contributed by atoms with Crippen LogP contribution in [-0.2, 0) is 6.54 Å². The van der Waals surface area contributed by atoms with Gasteiger partial charge in [-0.15, -0.1) is 11.3 Å². The summed E-state index contributed by atoms with van der Waals surface area (Å²) in [4.78, 5) is 32.8. The zero-order valence-corrected chi connectivity index (χ0v) is 18.6. The first-order valence-electron chi connectivity index (χ1n) is 9.23. The molecule has 10 heteroatoms. The lowest BCUT2D eigenvalue weighted by molar-refractivity contribution is 0.0789. The van der Waals surface area contributed by atoms with Gasteiger partial charge in [-0.1, -0.05) is 11.6 Å². The molecule has 0 spiro atoms. The van der Waals surface area contributed by atoms with E-state index in [-0.39, 0.29) is 5.91 Å². The van der Waals surface area contributed by atoms with Crippen LogP contribution in [0, 0.1) is 6.92 Å². The molecule has 0 atom stereocenters. The lowest BCUT2D eigenvalue weighted by Gasteiger charge is -2.17. The number of rotatable bonds is 6. The molecule has 0 saturated carbocycles. The van der Waals surface area contributed by atoms with Crippen molar-refractivity contribution in [1.82, 2.24) is 24.8 Å². The van der Waals surface area contributed by atoms with Crippen LogP contribution in [0.4, 0.5) is 0 Å². The van der Waals surface area contributed by atoms with Gasteiger partial charge in [-0.3, -0.25) is 9.78 Å². The van der Waals surface area contributed by atoms with Gasteiger partial charge < -0.3 is 14.4 Å². The molecule has 0 aromatic carbocycles. The summed E-state index contributed by atoms with van der Waals surface area (Å²) in [5.74, 6) is 1.19. The normalized spacial score (nSPS) is 10.8. The highest BCUT2D eigenvalue weighted by atomic mass is 35.5. The first-order chi connectivity index (χ1) is 15.0. The van der Waals surface area contributed by atoms with E-state index in [1.54, 1.807) is 43.6 Å². The van der Waals surface area contributed by atoms with Gasteiger partial charge >= 0.3 is 0 Å². The van der Waals surface area contributed by atoms with Crippen molar-refractivity contribution in [2.75, 3.05) is 14.2 Å². The lowest BCUT2D eigenvalue weighted by Crippen LogP contribution is -2.26. The fourth-order valence-electron chi connectivity index (χ4n) is 3.06. The average molecular weight is 456 g/mol. The number of nitrogens with zero attached hydrogens (tertiary/aromatic N) is 5. The zero-order chi connectivity index (χ0) is 22.0. The van der Waals surface area contributed by atoms with E-state index in [1.807, 2.05) is 13.0 Å². The summed E-state index contributed by atoms with van der Waals surface area (Å²) in [5, 5.41) is 1.14. The van der Waals surface area contributed by atoms with Gasteiger partial charge in [0.15, 0.2) is 0 Å². The monoisotopic (exact) mass is 455 g/mol. The van der Waals surface area contributed by atoms with Crippen LogP contribution in [0.2, 0.25) is 5.02 Å². The van der Waals surface area contributed by atoms with Crippen molar-refractivity contribution in [1.29, 1.82) is 0 Å². The van der Waals surface area contributed by atoms with Crippen molar-refractivity contribution < 1.29 is 14.3 Å². The van der Waals surface area contributed by atoms with Crippen molar-refractivity contribution in [3.05, 3.63) is 64.1 Å². The quantitative estimate of drug-likeness (QED) is 0.422. The second-order valence-corrected chi connectivity index (χ2v) is 8.16. The molecule has 0 radical (unpaired) electrons. The van der Waals surface area contributed by atoms with Gasteiger partial charge in [-0.2, -0.15) is 0 Å². The second kappa shape index (κ2) is 8.83. The van der Waals surface area contributed by atoms with Crippen LogP contribution < -0.4 is 9.47 Å². The number of ether oxygens (including phenoxy) is 2. The largest absolute Gasteiger partial charge is 0.481 e. The van der Waals surface area contributed by atoms with E-state index in [1.165, 1.54) is 23.9 Å². The smallest absolute Gasteiger partial charge is 0.264 e. The molecule has 0 saturated heterocycles. The van der Waals surface area contributed by atoms with Gasteiger partial charge in [0.05, 0.1) is 28.6 Å². The number of halogens is 1. The minimum Gasteiger partial charge on any atom is -0.481 e. The molecule has 0 aliphatic rings. The van der Waals surface area contributed by atoms with Crippen LogP contribution in [0.3, 0.4) is 0 Å². The molecule has 0 aliphatic carbocycles. The lowest BCUT2D eigenvalue weighted by atomic mass is 10.2. The van der Waals surface area contributed by atoms with E-state index < -0.39 is 0 Å². The topological polar surface area (TPSA) is 90.3 Å². The number of thiophene rings is 1. The summed E-state index contributed by atoms with van der Waals surface area (Å²) in [6, 6.07) is 5.30. The number of amides is 1. The molecule has 4 rings (SSSR count).